The van der Waals surface area contributed by atoms with E-state index in [1.165, 1.54) is 0 Å². The lowest BCUT2D eigenvalue weighted by molar-refractivity contribution is -0.107. The van der Waals surface area contributed by atoms with Gasteiger partial charge in [-0.2, -0.15) is 0 Å². The summed E-state index contributed by atoms with van der Waals surface area (Å²) in [6.07, 6.45) is 7.47. The molecular weight excluding hydrogens is 484 g/mol. The smallest absolute Gasteiger partial charge is 0.131 e. The molecule has 0 unspecified atom stereocenters. The molecule has 2 aromatic carbocycles. The number of allylic oxidation sites excluding steroid dienone is 1. The van der Waals surface area contributed by atoms with Crippen molar-refractivity contribution >= 4 is 29.0 Å². The Balaban J connectivity index is 1.34. The minimum atomic E-state index is -0.804. The fourth-order valence-corrected chi connectivity index (χ4v) is 5.33. The van der Waals surface area contributed by atoms with E-state index in [1.807, 2.05) is 42.5 Å². The van der Waals surface area contributed by atoms with E-state index in [0.717, 1.165) is 77.2 Å². The zero-order valence-corrected chi connectivity index (χ0v) is 21.6. The molecule has 0 bridgehead atoms. The van der Waals surface area contributed by atoms with Gasteiger partial charge in [0.15, 0.2) is 0 Å². The third-order valence-electron chi connectivity index (χ3n) is 7.41. The van der Waals surface area contributed by atoms with Gasteiger partial charge in [-0.25, -0.2) is 0 Å². The van der Waals surface area contributed by atoms with Gasteiger partial charge < -0.3 is 19.5 Å². The number of likely N-dealkylation sites (tertiary alicyclic amines) is 1. The highest BCUT2D eigenvalue weighted by atomic mass is 35.5. The molecule has 5 rings (SSSR count). The van der Waals surface area contributed by atoms with Crippen LogP contribution in [0.5, 0.6) is 5.75 Å². The van der Waals surface area contributed by atoms with Crippen molar-refractivity contribution in [2.75, 3.05) is 19.6 Å². The van der Waals surface area contributed by atoms with Gasteiger partial charge in [-0.1, -0.05) is 48.5 Å². The third-order valence-corrected chi connectivity index (χ3v) is 7.66. The number of aliphatic hydroxyl groups is 1. The van der Waals surface area contributed by atoms with Crippen molar-refractivity contribution in [1.82, 2.24) is 9.88 Å². The summed E-state index contributed by atoms with van der Waals surface area (Å²) < 4.78 is 6.12. The van der Waals surface area contributed by atoms with Gasteiger partial charge in [-0.15, -0.1) is 0 Å². The number of aldehydes is 1. The summed E-state index contributed by atoms with van der Waals surface area (Å²) in [5, 5.41) is 11.9. The number of pyridine rings is 1. The lowest BCUT2D eigenvalue weighted by Crippen LogP contribution is -2.42. The van der Waals surface area contributed by atoms with Gasteiger partial charge in [0.2, 0.25) is 0 Å². The van der Waals surface area contributed by atoms with Crippen molar-refractivity contribution in [1.29, 1.82) is 0 Å². The highest BCUT2D eigenvalue weighted by molar-refractivity contribution is 6.30. The number of fused-ring (bicyclic) bond motifs is 2. The van der Waals surface area contributed by atoms with E-state index in [2.05, 4.69) is 34.7 Å². The molecule has 1 saturated heterocycles. The van der Waals surface area contributed by atoms with E-state index in [0.29, 0.717) is 30.9 Å². The molecule has 37 heavy (non-hydrogen) atoms. The van der Waals surface area contributed by atoms with Crippen LogP contribution in [0, 0.1) is 0 Å². The summed E-state index contributed by atoms with van der Waals surface area (Å²) in [7, 11) is 0. The third kappa shape index (κ3) is 5.54. The molecule has 190 valence electrons. The second-order valence-corrected chi connectivity index (χ2v) is 10.2. The molecule has 0 atom stereocenters. The SMILES string of the molecule is C=C(CC=O)c1ccc2c(c1)/C(=C/CCN1CCC(O)(c3ccc(Cl)cc3)CC1)c1cccnc1CO2. The molecule has 0 spiro atoms. The van der Waals surface area contributed by atoms with Gasteiger partial charge in [0.25, 0.3) is 0 Å². The van der Waals surface area contributed by atoms with E-state index in [-0.39, 0.29) is 0 Å². The van der Waals surface area contributed by atoms with E-state index in [1.54, 1.807) is 6.20 Å². The molecular formula is C31H31ClN2O3. The van der Waals surface area contributed by atoms with Crippen LogP contribution in [0.4, 0.5) is 0 Å². The first-order valence-corrected chi connectivity index (χ1v) is 13.1. The molecule has 0 aliphatic carbocycles. The van der Waals surface area contributed by atoms with Gasteiger partial charge in [-0.05, 0) is 71.9 Å². The number of nitrogens with zero attached hydrogens (tertiary/aromatic N) is 2. The van der Waals surface area contributed by atoms with E-state index in [9.17, 15) is 9.90 Å². The summed E-state index contributed by atoms with van der Waals surface area (Å²) in [6, 6.07) is 17.6. The average Bonchev–Trinajstić information content (AvgIpc) is 3.07. The highest BCUT2D eigenvalue weighted by Crippen LogP contribution is 2.38. The number of aromatic nitrogens is 1. The number of piperidine rings is 1. The Labute approximate surface area is 223 Å². The van der Waals surface area contributed by atoms with Gasteiger partial charge in [0.1, 0.15) is 18.6 Å². The van der Waals surface area contributed by atoms with Crippen molar-refractivity contribution in [3.63, 3.8) is 0 Å². The van der Waals surface area contributed by atoms with Gasteiger partial charge in [0, 0.05) is 48.4 Å². The Morgan fingerprint density at radius 2 is 1.92 bits per heavy atom. The molecule has 3 heterocycles. The van der Waals surface area contributed by atoms with Gasteiger partial charge in [0.05, 0.1) is 11.3 Å². The standard InChI is InChI=1S/C31H31ClN2O3/c1-22(12-19-35)23-6-11-30-28(20-23)26(27-4-2-15-33-29(27)21-37-30)5-3-16-34-17-13-31(36,14-18-34)24-7-9-25(32)10-8-24/h2,4-11,15,19-20,36H,1,3,12-14,16-18,21H2/b26-5+. The number of hydrogen-bond donors (Lipinski definition) is 1. The number of carbonyl (C=O) groups is 1. The maximum absolute atomic E-state index is 11.2. The van der Waals surface area contributed by atoms with Crippen LogP contribution in [0.15, 0.2) is 73.4 Å². The Bertz CT molecular complexity index is 1320. The van der Waals surface area contributed by atoms with Crippen LogP contribution in [0.3, 0.4) is 0 Å². The first-order valence-electron chi connectivity index (χ1n) is 12.7. The number of hydrogen-bond acceptors (Lipinski definition) is 5. The molecule has 2 aliphatic heterocycles. The second kappa shape index (κ2) is 11.0. The predicted molar refractivity (Wildman–Crippen MR) is 147 cm³/mol. The lowest BCUT2D eigenvalue weighted by atomic mass is 9.84. The molecule has 1 fully saturated rings. The number of carbonyl (C=O) groups excluding carboxylic acids is 1. The van der Waals surface area contributed by atoms with Crippen molar-refractivity contribution in [3.05, 3.63) is 106 Å². The second-order valence-electron chi connectivity index (χ2n) is 9.76. The molecule has 1 N–H and O–H groups in total. The summed E-state index contributed by atoms with van der Waals surface area (Å²) in [5.74, 6) is 0.804. The fraction of sp³-hybridized carbons (Fsp3) is 0.290. The molecule has 0 radical (unpaired) electrons. The summed E-state index contributed by atoms with van der Waals surface area (Å²) in [6.45, 7) is 7.04. The monoisotopic (exact) mass is 514 g/mol. The van der Waals surface area contributed by atoms with E-state index >= 15 is 0 Å². The number of rotatable bonds is 7. The van der Waals surface area contributed by atoms with Gasteiger partial charge >= 0.3 is 0 Å². The summed E-state index contributed by atoms with van der Waals surface area (Å²) in [5.41, 5.74) is 5.91. The first-order chi connectivity index (χ1) is 18.0. The lowest BCUT2D eigenvalue weighted by Gasteiger charge is -2.38. The quantitative estimate of drug-likeness (QED) is 0.390. The molecule has 5 nitrogen and oxygen atoms in total. The molecule has 6 heteroatoms. The minimum absolute atomic E-state index is 0.300. The molecule has 3 aromatic rings. The van der Waals surface area contributed by atoms with Crippen LogP contribution < -0.4 is 4.74 Å². The van der Waals surface area contributed by atoms with Crippen LogP contribution >= 0.6 is 11.6 Å². The Hall–Kier alpha value is -3.25. The average molecular weight is 515 g/mol. The van der Waals surface area contributed by atoms with Crippen molar-refractivity contribution in [3.8, 4) is 5.75 Å². The maximum Gasteiger partial charge on any atom is 0.131 e. The Morgan fingerprint density at radius 1 is 1.14 bits per heavy atom. The molecule has 2 aliphatic rings. The van der Waals surface area contributed by atoms with Crippen LogP contribution in [0.25, 0.3) is 11.1 Å². The van der Waals surface area contributed by atoms with Gasteiger partial charge in [-0.3, -0.25) is 4.98 Å². The first kappa shape index (κ1) is 25.4. The zero-order valence-electron chi connectivity index (χ0n) is 20.8. The minimum Gasteiger partial charge on any atom is -0.487 e. The summed E-state index contributed by atoms with van der Waals surface area (Å²) in [4.78, 5) is 18.0. The zero-order chi connectivity index (χ0) is 25.8. The number of benzene rings is 2. The largest absolute Gasteiger partial charge is 0.487 e. The predicted octanol–water partition coefficient (Wildman–Crippen LogP) is 6.04. The van der Waals surface area contributed by atoms with E-state index < -0.39 is 5.60 Å². The fourth-order valence-electron chi connectivity index (χ4n) is 5.20. The maximum atomic E-state index is 11.2. The topological polar surface area (TPSA) is 62.7 Å². The number of ether oxygens (including phenoxy) is 1. The molecule has 1 aromatic heterocycles. The Kier molecular flexibility index (Phi) is 7.56. The van der Waals surface area contributed by atoms with E-state index in [4.69, 9.17) is 16.3 Å². The van der Waals surface area contributed by atoms with Crippen LogP contribution in [0.2, 0.25) is 5.02 Å². The number of halogens is 1. The molecule has 0 amide bonds. The molecule has 0 saturated carbocycles. The normalized spacial score (nSPS) is 17.8. The van der Waals surface area contributed by atoms with Crippen molar-refractivity contribution < 1.29 is 14.6 Å². The van der Waals surface area contributed by atoms with Crippen molar-refractivity contribution in [2.45, 2.75) is 37.9 Å². The van der Waals surface area contributed by atoms with Crippen LogP contribution in [-0.4, -0.2) is 40.9 Å². The summed E-state index contributed by atoms with van der Waals surface area (Å²) >= 11 is 6.03. The van der Waals surface area contributed by atoms with Crippen LogP contribution in [0.1, 0.15) is 53.6 Å². The van der Waals surface area contributed by atoms with Crippen LogP contribution in [-0.2, 0) is 17.0 Å². The Morgan fingerprint density at radius 3 is 2.68 bits per heavy atom. The van der Waals surface area contributed by atoms with Crippen molar-refractivity contribution in [2.24, 2.45) is 0 Å². The highest BCUT2D eigenvalue weighted by Gasteiger charge is 2.33.